The Morgan fingerprint density at radius 1 is 0.929 bits per heavy atom. The minimum Gasteiger partial charge on any atom is -0.201 e. The Labute approximate surface area is 187 Å². The molecule has 0 saturated heterocycles. The maximum Gasteiger partial charge on any atom is 0.210 e. The summed E-state index contributed by atoms with van der Waals surface area (Å²) < 4.78 is 4.14. The highest BCUT2D eigenvalue weighted by molar-refractivity contribution is 9.10. The topological polar surface area (TPSA) is 40.3 Å². The first-order chi connectivity index (χ1) is 13.3. The number of hydrazone groups is 1. The van der Waals surface area contributed by atoms with Crippen LogP contribution in [0.1, 0.15) is 20.8 Å². The summed E-state index contributed by atoms with van der Waals surface area (Å²) in [5, 5.41) is 13.7. The van der Waals surface area contributed by atoms with Crippen LogP contribution in [-0.2, 0) is 0 Å². The van der Waals surface area contributed by atoms with Gasteiger partial charge in [0.2, 0.25) is 5.84 Å². The van der Waals surface area contributed by atoms with Crippen LogP contribution in [0.4, 0.5) is 11.4 Å². The fourth-order valence-corrected chi connectivity index (χ4v) is 7.58. The van der Waals surface area contributed by atoms with Gasteiger partial charge in [0, 0.05) is 23.6 Å². The standard InChI is InChI=1S/C20H18Br2N4S2/c1-20(2,3)18-12-17-19(24-23-15-8-4-13(21)5-9-15)25-26(28(17)27-18)16-10-6-14(22)7-11-16/h4-12H,1-3H3. The van der Waals surface area contributed by atoms with Crippen LogP contribution in [0.2, 0.25) is 0 Å². The lowest BCUT2D eigenvalue weighted by atomic mass is 9.95. The number of azo groups is 1. The number of allylic oxidation sites excluding steroid dienone is 1. The molecule has 2 aromatic carbocycles. The van der Waals surface area contributed by atoms with Gasteiger partial charge >= 0.3 is 0 Å². The summed E-state index contributed by atoms with van der Waals surface area (Å²) in [4.78, 5) is 2.48. The number of halogens is 2. The molecule has 0 aromatic heterocycles. The van der Waals surface area contributed by atoms with Gasteiger partial charge in [0.05, 0.1) is 16.2 Å². The maximum absolute atomic E-state index is 4.80. The fourth-order valence-electron chi connectivity index (χ4n) is 2.51. The predicted molar refractivity (Wildman–Crippen MR) is 130 cm³/mol. The molecule has 2 heterocycles. The third-order valence-electron chi connectivity index (χ3n) is 4.06. The number of hydrogen-bond donors (Lipinski definition) is 0. The van der Waals surface area contributed by atoms with Crippen LogP contribution >= 0.6 is 52.4 Å². The molecule has 0 N–H and O–H groups in total. The van der Waals surface area contributed by atoms with Crippen LogP contribution in [0.5, 0.6) is 0 Å². The van der Waals surface area contributed by atoms with Gasteiger partial charge in [-0.15, -0.1) is 15.3 Å². The van der Waals surface area contributed by atoms with Crippen molar-refractivity contribution >= 4 is 74.4 Å². The van der Waals surface area contributed by atoms with Crippen LogP contribution in [0.3, 0.4) is 0 Å². The van der Waals surface area contributed by atoms with E-state index in [9.17, 15) is 0 Å². The van der Waals surface area contributed by atoms with E-state index in [2.05, 4.69) is 85.5 Å². The molecule has 1 unspecified atom stereocenters. The van der Waals surface area contributed by atoms with E-state index >= 15 is 0 Å². The molecule has 0 radical (unpaired) electrons. The molecule has 1 atom stereocenters. The zero-order valence-electron chi connectivity index (χ0n) is 15.6. The molecule has 0 saturated carbocycles. The molecule has 0 amide bonds. The summed E-state index contributed by atoms with van der Waals surface area (Å²) in [6.07, 6.45) is 2.24. The number of rotatable bonds is 2. The SMILES string of the molecule is CC(C)(C)C1=CC2=S(S1)N(c1ccc(Br)cc1)N=C2N=Nc1ccc(Br)cc1. The lowest BCUT2D eigenvalue weighted by Gasteiger charge is -2.23. The van der Waals surface area contributed by atoms with E-state index < -0.39 is 0 Å². The Morgan fingerprint density at radius 2 is 1.54 bits per heavy atom. The number of benzene rings is 2. The number of anilines is 1. The van der Waals surface area contributed by atoms with Crippen molar-refractivity contribution in [2.45, 2.75) is 20.8 Å². The Hall–Kier alpha value is -1.22. The zero-order chi connectivity index (χ0) is 19.9. The van der Waals surface area contributed by atoms with Gasteiger partial charge in [-0.2, -0.15) is 0 Å². The van der Waals surface area contributed by atoms with Gasteiger partial charge < -0.3 is 0 Å². The van der Waals surface area contributed by atoms with E-state index in [-0.39, 0.29) is 15.1 Å². The molecule has 8 heteroatoms. The highest BCUT2D eigenvalue weighted by atomic mass is 79.9. The molecule has 0 fully saturated rings. The molecule has 28 heavy (non-hydrogen) atoms. The van der Waals surface area contributed by atoms with Crippen LogP contribution < -0.4 is 4.41 Å². The summed E-state index contributed by atoms with van der Waals surface area (Å²) in [7, 11) is 1.63. The first-order valence-electron chi connectivity index (χ1n) is 8.65. The van der Waals surface area contributed by atoms with Gasteiger partial charge in [0.15, 0.2) is 0 Å². The molecule has 0 bridgehead atoms. The summed E-state index contributed by atoms with van der Waals surface area (Å²) in [6, 6.07) is 16.0. The van der Waals surface area contributed by atoms with E-state index in [1.807, 2.05) is 47.2 Å². The Balaban J connectivity index is 1.70. The molecule has 4 nitrogen and oxygen atoms in total. The molecular formula is C20H18Br2N4S2. The fraction of sp³-hybridized carbons (Fsp3) is 0.200. The highest BCUT2D eigenvalue weighted by Gasteiger charge is 2.35. The average molecular weight is 538 g/mol. The Morgan fingerprint density at radius 3 is 2.14 bits per heavy atom. The molecule has 2 aliphatic rings. The van der Waals surface area contributed by atoms with Crippen LogP contribution in [0, 0.1) is 5.41 Å². The van der Waals surface area contributed by atoms with Gasteiger partial charge in [-0.1, -0.05) is 52.6 Å². The Kier molecular flexibility index (Phi) is 5.66. The number of amidine groups is 1. The van der Waals surface area contributed by atoms with Crippen molar-refractivity contribution < 1.29 is 0 Å². The van der Waals surface area contributed by atoms with Crippen molar-refractivity contribution in [1.82, 2.24) is 0 Å². The van der Waals surface area contributed by atoms with E-state index in [1.54, 1.807) is 0 Å². The summed E-state index contributed by atoms with van der Waals surface area (Å²) >= 11 is 6.95. The van der Waals surface area contributed by atoms with Crippen LogP contribution in [0.15, 0.2) is 83.8 Å². The second kappa shape index (κ2) is 7.89. The monoisotopic (exact) mass is 536 g/mol. The van der Waals surface area contributed by atoms with E-state index in [1.165, 1.54) is 4.91 Å². The largest absolute Gasteiger partial charge is 0.210 e. The van der Waals surface area contributed by atoms with Crippen molar-refractivity contribution in [2.24, 2.45) is 20.7 Å². The predicted octanol–water partition coefficient (Wildman–Crippen LogP) is 8.08. The molecule has 2 aromatic rings. The van der Waals surface area contributed by atoms with E-state index in [0.717, 1.165) is 25.2 Å². The van der Waals surface area contributed by atoms with Crippen molar-refractivity contribution in [1.29, 1.82) is 0 Å². The molecular weight excluding hydrogens is 520 g/mol. The van der Waals surface area contributed by atoms with Crippen molar-refractivity contribution in [3.63, 3.8) is 0 Å². The molecule has 144 valence electrons. The van der Waals surface area contributed by atoms with Gasteiger partial charge in [0.1, 0.15) is 0 Å². The van der Waals surface area contributed by atoms with Crippen molar-refractivity contribution in [2.75, 3.05) is 4.41 Å². The van der Waals surface area contributed by atoms with E-state index in [0.29, 0.717) is 5.84 Å². The van der Waals surface area contributed by atoms with Crippen molar-refractivity contribution in [3.05, 3.63) is 68.5 Å². The zero-order valence-corrected chi connectivity index (χ0v) is 20.4. The average Bonchev–Trinajstić information content (AvgIpc) is 3.22. The van der Waals surface area contributed by atoms with Gasteiger partial charge in [-0.3, -0.25) is 0 Å². The smallest absolute Gasteiger partial charge is 0.201 e. The lowest BCUT2D eigenvalue weighted by Crippen LogP contribution is -2.10. The summed E-state index contributed by atoms with van der Waals surface area (Å²) in [6.45, 7) is 6.71. The quantitative estimate of drug-likeness (QED) is 0.220. The van der Waals surface area contributed by atoms with Crippen LogP contribution in [0.25, 0.3) is 0 Å². The second-order valence-corrected chi connectivity index (χ2v) is 12.5. The summed E-state index contributed by atoms with van der Waals surface area (Å²) in [5.74, 6) is 0.681. The number of nitrogens with zero attached hydrogens (tertiary/aromatic N) is 4. The molecule has 0 spiro atoms. The first-order valence-corrected chi connectivity index (χ1v) is 12.8. The first kappa shape index (κ1) is 20.1. The van der Waals surface area contributed by atoms with Gasteiger partial charge in [0.25, 0.3) is 0 Å². The van der Waals surface area contributed by atoms with E-state index in [4.69, 9.17) is 5.10 Å². The minimum atomic E-state index is -0.238. The summed E-state index contributed by atoms with van der Waals surface area (Å²) in [5.41, 5.74) is 1.95. The van der Waals surface area contributed by atoms with Gasteiger partial charge in [-0.05, 0) is 70.8 Å². The third kappa shape index (κ3) is 4.20. The normalized spacial score (nSPS) is 19.2. The Bertz CT molecular complexity index is 1030. The number of hydrogen-bond acceptors (Lipinski definition) is 5. The lowest BCUT2D eigenvalue weighted by molar-refractivity contribution is 0.535. The molecule has 0 aliphatic carbocycles. The highest BCUT2D eigenvalue weighted by Crippen LogP contribution is 2.56. The third-order valence-corrected chi connectivity index (χ3v) is 9.44. The van der Waals surface area contributed by atoms with Crippen molar-refractivity contribution in [3.8, 4) is 0 Å². The molecule has 2 aliphatic heterocycles. The minimum absolute atomic E-state index is 0.0916. The molecule has 4 rings (SSSR count). The van der Waals surface area contributed by atoms with Crippen LogP contribution in [-0.4, -0.2) is 10.7 Å². The maximum atomic E-state index is 4.80. The van der Waals surface area contributed by atoms with Gasteiger partial charge in [-0.25, -0.2) is 4.41 Å². The second-order valence-electron chi connectivity index (χ2n) is 7.30.